The Morgan fingerprint density at radius 2 is 1.83 bits per heavy atom. The lowest BCUT2D eigenvalue weighted by Crippen LogP contribution is -2.30. The van der Waals surface area contributed by atoms with Crippen LogP contribution in [-0.4, -0.2) is 34.8 Å². The van der Waals surface area contributed by atoms with Gasteiger partial charge in [-0.3, -0.25) is 14.5 Å². The van der Waals surface area contributed by atoms with Gasteiger partial charge in [-0.05, 0) is 60.5 Å². The molecule has 0 radical (unpaired) electrons. The number of nitrogens with zero attached hydrogens (tertiary/aromatic N) is 1. The number of thiocarbonyl (C=S) groups is 1. The van der Waals surface area contributed by atoms with E-state index < -0.39 is 0 Å². The molecule has 1 atom stereocenters. The van der Waals surface area contributed by atoms with E-state index in [2.05, 4.69) is 5.32 Å². The van der Waals surface area contributed by atoms with Crippen molar-refractivity contribution in [2.75, 3.05) is 19.0 Å². The SMILES string of the molecule is COc1cc(/C=C2\SC(=S)N([C@H](C)c3ccccc3)C2=O)ccc1OCC(=O)Nc1ccc(Cl)cc1. The van der Waals surface area contributed by atoms with Crippen molar-refractivity contribution >= 4 is 63.5 Å². The Morgan fingerprint density at radius 1 is 1.11 bits per heavy atom. The third kappa shape index (κ3) is 6.07. The van der Waals surface area contributed by atoms with E-state index in [-0.39, 0.29) is 24.5 Å². The number of nitrogens with one attached hydrogen (secondary N) is 1. The van der Waals surface area contributed by atoms with Crippen molar-refractivity contribution in [3.05, 3.63) is 93.9 Å². The number of rotatable bonds is 8. The van der Waals surface area contributed by atoms with Crippen LogP contribution in [0.15, 0.2) is 77.7 Å². The molecule has 36 heavy (non-hydrogen) atoms. The lowest BCUT2D eigenvalue weighted by Gasteiger charge is -2.23. The number of carbonyl (C=O) groups excluding carboxylic acids is 2. The van der Waals surface area contributed by atoms with Crippen LogP contribution in [0.3, 0.4) is 0 Å². The van der Waals surface area contributed by atoms with Gasteiger partial charge in [-0.1, -0.05) is 72.0 Å². The first-order valence-electron chi connectivity index (χ1n) is 11.0. The second-order valence-electron chi connectivity index (χ2n) is 7.89. The summed E-state index contributed by atoms with van der Waals surface area (Å²) >= 11 is 12.6. The lowest BCUT2D eigenvalue weighted by molar-refractivity contribution is -0.123. The quantitative estimate of drug-likeness (QED) is 0.267. The van der Waals surface area contributed by atoms with Crippen molar-refractivity contribution in [2.24, 2.45) is 0 Å². The van der Waals surface area contributed by atoms with Crippen molar-refractivity contribution in [3.8, 4) is 11.5 Å². The fourth-order valence-electron chi connectivity index (χ4n) is 3.61. The van der Waals surface area contributed by atoms with Gasteiger partial charge in [-0.2, -0.15) is 0 Å². The van der Waals surface area contributed by atoms with E-state index in [1.165, 1.54) is 18.9 Å². The fraction of sp³-hybridized carbons (Fsp3) is 0.148. The molecule has 1 fully saturated rings. The normalized spacial score (nSPS) is 15.2. The second-order valence-corrected chi connectivity index (χ2v) is 10.0. The zero-order valence-electron chi connectivity index (χ0n) is 19.6. The van der Waals surface area contributed by atoms with E-state index in [9.17, 15) is 9.59 Å². The van der Waals surface area contributed by atoms with Gasteiger partial charge >= 0.3 is 0 Å². The molecule has 184 valence electrons. The third-order valence-electron chi connectivity index (χ3n) is 5.47. The van der Waals surface area contributed by atoms with Gasteiger partial charge in [-0.25, -0.2) is 0 Å². The van der Waals surface area contributed by atoms with Crippen LogP contribution in [-0.2, 0) is 9.59 Å². The van der Waals surface area contributed by atoms with Gasteiger partial charge in [0.1, 0.15) is 4.32 Å². The molecule has 0 aromatic heterocycles. The van der Waals surface area contributed by atoms with E-state index >= 15 is 0 Å². The smallest absolute Gasteiger partial charge is 0.266 e. The van der Waals surface area contributed by atoms with E-state index in [0.717, 1.165) is 11.1 Å². The van der Waals surface area contributed by atoms with Crippen molar-refractivity contribution < 1.29 is 19.1 Å². The zero-order chi connectivity index (χ0) is 25.7. The van der Waals surface area contributed by atoms with Gasteiger partial charge in [0.05, 0.1) is 18.1 Å². The van der Waals surface area contributed by atoms with Crippen molar-refractivity contribution in [1.29, 1.82) is 0 Å². The monoisotopic (exact) mass is 538 g/mol. The molecule has 0 unspecified atom stereocenters. The van der Waals surface area contributed by atoms with Crippen LogP contribution in [0.1, 0.15) is 24.1 Å². The Labute approximate surface area is 224 Å². The van der Waals surface area contributed by atoms with Gasteiger partial charge in [0.15, 0.2) is 18.1 Å². The average Bonchev–Trinajstić information content (AvgIpc) is 3.16. The molecule has 1 aliphatic heterocycles. The number of anilines is 1. The molecule has 1 aliphatic rings. The maximum absolute atomic E-state index is 13.1. The molecule has 0 aliphatic carbocycles. The maximum atomic E-state index is 13.1. The molecule has 2 amide bonds. The summed E-state index contributed by atoms with van der Waals surface area (Å²) in [5, 5.41) is 3.33. The Bertz CT molecular complexity index is 1310. The minimum Gasteiger partial charge on any atom is -0.493 e. The molecule has 1 heterocycles. The number of thioether (sulfide) groups is 1. The summed E-state index contributed by atoms with van der Waals surface area (Å²) in [6.45, 7) is 1.76. The highest BCUT2D eigenvalue weighted by molar-refractivity contribution is 8.26. The van der Waals surface area contributed by atoms with Crippen LogP contribution in [0.4, 0.5) is 5.69 Å². The van der Waals surface area contributed by atoms with E-state index in [1.54, 1.807) is 53.4 Å². The first-order valence-corrected chi connectivity index (χ1v) is 12.6. The number of ether oxygens (including phenoxy) is 2. The number of carbonyl (C=O) groups is 2. The summed E-state index contributed by atoms with van der Waals surface area (Å²) in [6.07, 6.45) is 1.77. The van der Waals surface area contributed by atoms with Gasteiger partial charge in [0.25, 0.3) is 11.8 Å². The predicted octanol–water partition coefficient (Wildman–Crippen LogP) is 6.33. The molecule has 4 rings (SSSR count). The minimum atomic E-state index is -0.320. The fourth-order valence-corrected chi connectivity index (χ4v) is 5.16. The molecule has 0 bridgehead atoms. The number of methoxy groups -OCH3 is 1. The van der Waals surface area contributed by atoms with Gasteiger partial charge in [0.2, 0.25) is 0 Å². The highest BCUT2D eigenvalue weighted by atomic mass is 35.5. The number of hydrogen-bond donors (Lipinski definition) is 1. The first kappa shape index (κ1) is 25.8. The predicted molar refractivity (Wildman–Crippen MR) is 148 cm³/mol. The molecule has 0 spiro atoms. The molecule has 0 saturated carbocycles. The minimum absolute atomic E-state index is 0.139. The van der Waals surface area contributed by atoms with Crippen molar-refractivity contribution in [3.63, 3.8) is 0 Å². The summed E-state index contributed by atoms with van der Waals surface area (Å²) in [5.41, 5.74) is 2.38. The Kier molecular flexibility index (Phi) is 8.30. The molecule has 1 N–H and O–H groups in total. The summed E-state index contributed by atoms with van der Waals surface area (Å²) < 4.78 is 11.6. The molecule has 3 aromatic rings. The standard InChI is InChI=1S/C27H23ClN2O4S2/c1-17(19-6-4-3-5-7-19)30-26(32)24(36-27(30)35)15-18-8-13-22(23(14-18)33-2)34-16-25(31)29-21-11-9-20(28)10-12-21/h3-15,17H,16H2,1-2H3,(H,29,31)/b24-15-/t17-/m1/s1. The van der Waals surface area contributed by atoms with Crippen molar-refractivity contribution in [2.45, 2.75) is 13.0 Å². The van der Waals surface area contributed by atoms with E-state index in [4.69, 9.17) is 33.3 Å². The number of amides is 2. The Balaban J connectivity index is 1.43. The molecule has 9 heteroatoms. The van der Waals surface area contributed by atoms with Gasteiger partial charge in [-0.15, -0.1) is 0 Å². The third-order valence-corrected chi connectivity index (χ3v) is 7.05. The zero-order valence-corrected chi connectivity index (χ0v) is 22.0. The van der Waals surface area contributed by atoms with Crippen molar-refractivity contribution in [1.82, 2.24) is 4.90 Å². The number of hydrogen-bond acceptors (Lipinski definition) is 6. The topological polar surface area (TPSA) is 67.9 Å². The van der Waals surface area contributed by atoms with Crippen LogP contribution in [0.25, 0.3) is 6.08 Å². The summed E-state index contributed by atoms with van der Waals surface area (Å²) in [4.78, 5) is 27.6. The Morgan fingerprint density at radius 3 is 2.53 bits per heavy atom. The Hall–Kier alpha value is -3.33. The maximum Gasteiger partial charge on any atom is 0.266 e. The van der Waals surface area contributed by atoms with E-state index in [0.29, 0.717) is 31.4 Å². The average molecular weight is 539 g/mol. The molecular formula is C27H23ClN2O4S2. The summed E-state index contributed by atoms with van der Waals surface area (Å²) in [5.74, 6) is 0.390. The highest BCUT2D eigenvalue weighted by Gasteiger charge is 2.35. The van der Waals surface area contributed by atoms with E-state index in [1.807, 2.05) is 37.3 Å². The van der Waals surface area contributed by atoms with Crippen LogP contribution >= 0.6 is 35.6 Å². The molecule has 3 aromatic carbocycles. The lowest BCUT2D eigenvalue weighted by atomic mass is 10.1. The van der Waals surface area contributed by atoms with Crippen LogP contribution < -0.4 is 14.8 Å². The molecule has 6 nitrogen and oxygen atoms in total. The summed E-state index contributed by atoms with van der Waals surface area (Å²) in [6, 6.07) is 21.6. The van der Waals surface area contributed by atoms with Crippen LogP contribution in [0, 0.1) is 0 Å². The summed E-state index contributed by atoms with van der Waals surface area (Å²) in [7, 11) is 1.51. The second kappa shape index (κ2) is 11.6. The molecular weight excluding hydrogens is 516 g/mol. The van der Waals surface area contributed by atoms with Crippen LogP contribution in [0.5, 0.6) is 11.5 Å². The van der Waals surface area contributed by atoms with Crippen LogP contribution in [0.2, 0.25) is 5.02 Å². The van der Waals surface area contributed by atoms with Gasteiger partial charge in [0, 0.05) is 10.7 Å². The van der Waals surface area contributed by atoms with Gasteiger partial charge < -0.3 is 14.8 Å². The number of benzene rings is 3. The first-order chi connectivity index (χ1) is 17.4. The largest absolute Gasteiger partial charge is 0.493 e. The highest BCUT2D eigenvalue weighted by Crippen LogP contribution is 2.39. The molecule has 1 saturated heterocycles. The number of halogens is 1.